The lowest BCUT2D eigenvalue weighted by atomic mass is 9.92. The molecule has 21 heavy (non-hydrogen) atoms. The molecule has 0 spiro atoms. The van der Waals surface area contributed by atoms with Crippen LogP contribution in [0.3, 0.4) is 0 Å². The van der Waals surface area contributed by atoms with Gasteiger partial charge < -0.3 is 24.1 Å². The van der Waals surface area contributed by atoms with Crippen molar-refractivity contribution in [2.45, 2.75) is 19.4 Å². The van der Waals surface area contributed by atoms with E-state index in [-0.39, 0.29) is 0 Å². The van der Waals surface area contributed by atoms with E-state index in [4.69, 9.17) is 18.9 Å². The molecule has 0 bridgehead atoms. The van der Waals surface area contributed by atoms with E-state index in [9.17, 15) is 9.90 Å². The molecule has 0 aliphatic heterocycles. The SMILES string of the molecule is CCC(C(=O)OC)C(O)c1cc(OC)c(OC)cc1OC. The van der Waals surface area contributed by atoms with Crippen molar-refractivity contribution < 1.29 is 28.8 Å². The van der Waals surface area contributed by atoms with Gasteiger partial charge >= 0.3 is 5.97 Å². The van der Waals surface area contributed by atoms with Crippen LogP contribution in [0.15, 0.2) is 12.1 Å². The molecule has 0 saturated carbocycles. The van der Waals surface area contributed by atoms with Gasteiger partial charge in [0.1, 0.15) is 5.75 Å². The minimum absolute atomic E-state index is 0.419. The molecule has 0 heterocycles. The molecule has 6 nitrogen and oxygen atoms in total. The van der Waals surface area contributed by atoms with E-state index in [1.54, 1.807) is 19.1 Å². The number of aliphatic hydroxyl groups is 1. The van der Waals surface area contributed by atoms with Gasteiger partial charge in [0, 0.05) is 11.6 Å². The van der Waals surface area contributed by atoms with Crippen LogP contribution in [0, 0.1) is 5.92 Å². The summed E-state index contributed by atoms with van der Waals surface area (Å²) < 4.78 is 20.4. The monoisotopic (exact) mass is 298 g/mol. The number of methoxy groups -OCH3 is 4. The molecule has 0 aromatic heterocycles. The molecule has 2 unspecified atom stereocenters. The number of benzene rings is 1. The molecule has 0 amide bonds. The Morgan fingerprint density at radius 1 is 1.05 bits per heavy atom. The van der Waals surface area contributed by atoms with Gasteiger partial charge in [-0.2, -0.15) is 0 Å². The third-order valence-corrected chi connectivity index (χ3v) is 3.38. The summed E-state index contributed by atoms with van der Waals surface area (Å²) in [6.07, 6.45) is -0.622. The highest BCUT2D eigenvalue weighted by Crippen LogP contribution is 2.40. The summed E-state index contributed by atoms with van der Waals surface area (Å²) >= 11 is 0. The van der Waals surface area contributed by atoms with Gasteiger partial charge in [-0.15, -0.1) is 0 Å². The lowest BCUT2D eigenvalue weighted by molar-refractivity contribution is -0.149. The number of carbonyl (C=O) groups is 1. The zero-order valence-corrected chi connectivity index (χ0v) is 13.0. The maximum absolute atomic E-state index is 11.8. The number of hydrogen-bond donors (Lipinski definition) is 1. The highest BCUT2D eigenvalue weighted by Gasteiger charge is 2.30. The molecule has 1 N–H and O–H groups in total. The van der Waals surface area contributed by atoms with E-state index in [2.05, 4.69) is 0 Å². The fraction of sp³-hybridized carbons (Fsp3) is 0.533. The van der Waals surface area contributed by atoms with Crippen molar-refractivity contribution in [3.05, 3.63) is 17.7 Å². The minimum Gasteiger partial charge on any atom is -0.496 e. The quantitative estimate of drug-likeness (QED) is 0.776. The standard InChI is InChI=1S/C15H22O6/c1-6-9(15(17)21-5)14(16)10-7-12(19-3)13(20-4)8-11(10)18-2/h7-9,14,16H,6H2,1-5H3. The Bertz CT molecular complexity index is 485. The number of rotatable bonds is 7. The first-order valence-corrected chi connectivity index (χ1v) is 6.59. The van der Waals surface area contributed by atoms with Crippen LogP contribution in [0.25, 0.3) is 0 Å². The number of ether oxygens (including phenoxy) is 4. The normalized spacial score (nSPS) is 13.2. The smallest absolute Gasteiger partial charge is 0.311 e. The minimum atomic E-state index is -1.06. The van der Waals surface area contributed by atoms with Gasteiger partial charge in [-0.05, 0) is 12.5 Å². The summed E-state index contributed by atoms with van der Waals surface area (Å²) in [6.45, 7) is 1.80. The van der Waals surface area contributed by atoms with E-state index in [1.807, 2.05) is 0 Å². The van der Waals surface area contributed by atoms with Gasteiger partial charge in [-0.25, -0.2) is 0 Å². The highest BCUT2D eigenvalue weighted by molar-refractivity contribution is 5.73. The molecule has 0 saturated heterocycles. The molecule has 1 aromatic rings. The average molecular weight is 298 g/mol. The lowest BCUT2D eigenvalue weighted by Gasteiger charge is -2.22. The molecular formula is C15H22O6. The molecule has 2 atom stereocenters. The fourth-order valence-corrected chi connectivity index (χ4v) is 2.17. The van der Waals surface area contributed by atoms with Gasteiger partial charge in [0.05, 0.1) is 40.5 Å². The molecule has 0 aliphatic carbocycles. The lowest BCUT2D eigenvalue weighted by Crippen LogP contribution is -2.23. The zero-order valence-electron chi connectivity index (χ0n) is 13.0. The Morgan fingerprint density at radius 2 is 1.57 bits per heavy atom. The molecule has 6 heteroatoms. The van der Waals surface area contributed by atoms with Gasteiger partial charge in [0.15, 0.2) is 11.5 Å². The molecule has 1 aromatic carbocycles. The Hall–Kier alpha value is -1.95. The van der Waals surface area contributed by atoms with E-state index >= 15 is 0 Å². The van der Waals surface area contributed by atoms with E-state index in [1.165, 1.54) is 28.4 Å². The van der Waals surface area contributed by atoms with Crippen molar-refractivity contribution in [2.24, 2.45) is 5.92 Å². The topological polar surface area (TPSA) is 74.2 Å². The first-order valence-electron chi connectivity index (χ1n) is 6.59. The summed E-state index contributed by atoms with van der Waals surface area (Å²) in [4.78, 5) is 11.8. The average Bonchev–Trinajstić information content (AvgIpc) is 2.53. The van der Waals surface area contributed by atoms with Gasteiger partial charge in [0.2, 0.25) is 0 Å². The number of aliphatic hydroxyl groups excluding tert-OH is 1. The van der Waals surface area contributed by atoms with Crippen LogP contribution in [0.1, 0.15) is 25.0 Å². The molecule has 118 valence electrons. The predicted molar refractivity (Wildman–Crippen MR) is 76.9 cm³/mol. The van der Waals surface area contributed by atoms with Crippen LogP contribution in [0.5, 0.6) is 17.2 Å². The fourth-order valence-electron chi connectivity index (χ4n) is 2.17. The van der Waals surface area contributed by atoms with Crippen molar-refractivity contribution in [1.29, 1.82) is 0 Å². The highest BCUT2D eigenvalue weighted by atomic mass is 16.5. The Morgan fingerprint density at radius 3 is 2.00 bits per heavy atom. The largest absolute Gasteiger partial charge is 0.496 e. The third-order valence-electron chi connectivity index (χ3n) is 3.38. The van der Waals surface area contributed by atoms with Gasteiger partial charge in [-0.3, -0.25) is 4.79 Å². The second-order valence-electron chi connectivity index (χ2n) is 4.43. The number of esters is 1. The predicted octanol–water partition coefficient (Wildman–Crippen LogP) is 1.94. The first kappa shape index (κ1) is 17.1. The van der Waals surface area contributed by atoms with Crippen molar-refractivity contribution in [2.75, 3.05) is 28.4 Å². The summed E-state index contributed by atoms with van der Waals surface area (Å²) in [5.41, 5.74) is 0.451. The summed E-state index contributed by atoms with van der Waals surface area (Å²) in [5, 5.41) is 10.5. The number of hydrogen-bond acceptors (Lipinski definition) is 6. The van der Waals surface area contributed by atoms with Crippen molar-refractivity contribution in [3.8, 4) is 17.2 Å². The molecule has 0 radical (unpaired) electrons. The molecule has 0 aliphatic rings. The van der Waals surface area contributed by atoms with Gasteiger partial charge in [-0.1, -0.05) is 6.92 Å². The zero-order chi connectivity index (χ0) is 16.0. The van der Waals surface area contributed by atoms with Crippen LogP contribution < -0.4 is 14.2 Å². The van der Waals surface area contributed by atoms with Crippen LogP contribution in [-0.4, -0.2) is 39.5 Å². The van der Waals surface area contributed by atoms with Gasteiger partial charge in [0.25, 0.3) is 0 Å². The molecule has 1 rings (SSSR count). The molecular weight excluding hydrogens is 276 g/mol. The third kappa shape index (κ3) is 3.58. The summed E-state index contributed by atoms with van der Waals surface area (Å²) in [5.74, 6) is 0.204. The van der Waals surface area contributed by atoms with Crippen LogP contribution in [0.4, 0.5) is 0 Å². The Balaban J connectivity index is 3.29. The van der Waals surface area contributed by atoms with Crippen LogP contribution >= 0.6 is 0 Å². The maximum Gasteiger partial charge on any atom is 0.311 e. The number of carbonyl (C=O) groups excluding carboxylic acids is 1. The first-order chi connectivity index (χ1) is 10.0. The van der Waals surface area contributed by atoms with Crippen LogP contribution in [-0.2, 0) is 9.53 Å². The van der Waals surface area contributed by atoms with Crippen molar-refractivity contribution >= 4 is 5.97 Å². The summed E-state index contributed by atoms with van der Waals surface area (Å²) in [6, 6.07) is 3.22. The second-order valence-corrected chi connectivity index (χ2v) is 4.43. The van der Waals surface area contributed by atoms with Crippen molar-refractivity contribution in [1.82, 2.24) is 0 Å². The Labute approximate surface area is 124 Å². The van der Waals surface area contributed by atoms with E-state index in [0.29, 0.717) is 29.2 Å². The van der Waals surface area contributed by atoms with Crippen LogP contribution in [0.2, 0.25) is 0 Å². The van der Waals surface area contributed by atoms with Crippen molar-refractivity contribution in [3.63, 3.8) is 0 Å². The maximum atomic E-state index is 11.8. The molecule has 0 fully saturated rings. The summed E-state index contributed by atoms with van der Waals surface area (Å²) in [7, 11) is 5.79. The Kier molecular flexibility index (Phi) is 6.30. The van der Waals surface area contributed by atoms with E-state index < -0.39 is 18.0 Å². The van der Waals surface area contributed by atoms with E-state index in [0.717, 1.165) is 0 Å². The second kappa shape index (κ2) is 7.73.